The van der Waals surface area contributed by atoms with Crippen molar-refractivity contribution in [3.05, 3.63) is 71.3 Å². The van der Waals surface area contributed by atoms with Crippen LogP contribution in [-0.2, 0) is 17.9 Å². The number of hydrogen-bond acceptors (Lipinski definition) is 2. The van der Waals surface area contributed by atoms with E-state index in [9.17, 15) is 4.79 Å². The molecule has 0 aromatic heterocycles. The maximum atomic E-state index is 11.8. The summed E-state index contributed by atoms with van der Waals surface area (Å²) in [5, 5.41) is 3.46. The van der Waals surface area contributed by atoms with Gasteiger partial charge in [0.05, 0.1) is 6.54 Å². The first-order valence-corrected chi connectivity index (χ1v) is 11.2. The molecule has 0 aliphatic carbocycles. The van der Waals surface area contributed by atoms with Crippen LogP contribution in [-0.4, -0.2) is 47.8 Å². The third kappa shape index (κ3) is 5.02. The van der Waals surface area contributed by atoms with Crippen molar-refractivity contribution < 1.29 is 4.79 Å². The van der Waals surface area contributed by atoms with Crippen LogP contribution >= 0.6 is 0 Å². The fourth-order valence-corrected chi connectivity index (χ4v) is 4.38. The average Bonchev–Trinajstić information content (AvgIpc) is 3.42. The quantitative estimate of drug-likeness (QED) is 0.589. The van der Waals surface area contributed by atoms with E-state index in [1.165, 1.54) is 23.1 Å². The third-order valence-electron chi connectivity index (χ3n) is 6.07. The highest BCUT2D eigenvalue weighted by atomic mass is 16.2. The zero-order chi connectivity index (χ0) is 20.8. The zero-order valence-electron chi connectivity index (χ0n) is 17.9. The second kappa shape index (κ2) is 9.79. The second-order valence-corrected chi connectivity index (χ2v) is 8.25. The van der Waals surface area contributed by atoms with E-state index in [4.69, 9.17) is 4.99 Å². The molecule has 5 heteroatoms. The van der Waals surface area contributed by atoms with Crippen molar-refractivity contribution >= 4 is 11.9 Å². The van der Waals surface area contributed by atoms with E-state index in [1.807, 2.05) is 4.90 Å². The topological polar surface area (TPSA) is 47.9 Å². The molecule has 1 unspecified atom stereocenters. The number of carbonyl (C=O) groups is 1. The van der Waals surface area contributed by atoms with Gasteiger partial charge in [-0.1, -0.05) is 54.6 Å². The molecule has 5 nitrogen and oxygen atoms in total. The lowest BCUT2D eigenvalue weighted by atomic mass is 9.99. The molecule has 1 N–H and O–H groups in total. The van der Waals surface area contributed by atoms with Crippen molar-refractivity contribution in [2.45, 2.75) is 45.2 Å². The monoisotopic (exact) mass is 404 g/mol. The fourth-order valence-electron chi connectivity index (χ4n) is 4.38. The van der Waals surface area contributed by atoms with Gasteiger partial charge < -0.3 is 15.1 Å². The van der Waals surface area contributed by atoms with E-state index >= 15 is 0 Å². The van der Waals surface area contributed by atoms with Gasteiger partial charge in [0.25, 0.3) is 0 Å². The molecule has 2 aromatic rings. The van der Waals surface area contributed by atoms with Gasteiger partial charge in [-0.05, 0) is 36.5 Å². The second-order valence-electron chi connectivity index (χ2n) is 8.25. The van der Waals surface area contributed by atoms with Crippen molar-refractivity contribution in [3.63, 3.8) is 0 Å². The Labute approximate surface area is 179 Å². The Balaban J connectivity index is 1.36. The summed E-state index contributed by atoms with van der Waals surface area (Å²) >= 11 is 0. The molecule has 2 aliphatic rings. The summed E-state index contributed by atoms with van der Waals surface area (Å²) < 4.78 is 0. The maximum Gasteiger partial charge on any atom is 0.222 e. The van der Waals surface area contributed by atoms with Crippen LogP contribution in [0.25, 0.3) is 0 Å². The Hall–Kier alpha value is -2.82. The number of hydrogen-bond donors (Lipinski definition) is 1. The van der Waals surface area contributed by atoms with Crippen LogP contribution in [0.3, 0.4) is 0 Å². The number of likely N-dealkylation sites (tertiary alicyclic amines) is 2. The Morgan fingerprint density at radius 1 is 1.07 bits per heavy atom. The minimum atomic E-state index is 0.276. The van der Waals surface area contributed by atoms with Crippen molar-refractivity contribution in [3.8, 4) is 0 Å². The smallest absolute Gasteiger partial charge is 0.222 e. The van der Waals surface area contributed by atoms with Crippen LogP contribution in [0.15, 0.2) is 59.6 Å². The van der Waals surface area contributed by atoms with Crippen molar-refractivity contribution in [2.75, 3.05) is 26.2 Å². The van der Waals surface area contributed by atoms with E-state index in [1.54, 1.807) is 0 Å². The lowest BCUT2D eigenvalue weighted by molar-refractivity contribution is -0.128. The van der Waals surface area contributed by atoms with Crippen LogP contribution in [0.2, 0.25) is 0 Å². The predicted molar refractivity (Wildman–Crippen MR) is 121 cm³/mol. The van der Waals surface area contributed by atoms with Gasteiger partial charge >= 0.3 is 0 Å². The number of benzene rings is 2. The lowest BCUT2D eigenvalue weighted by Crippen LogP contribution is -2.40. The highest BCUT2D eigenvalue weighted by Gasteiger charge is 2.26. The lowest BCUT2D eigenvalue weighted by Gasteiger charge is -2.22. The van der Waals surface area contributed by atoms with E-state index in [0.29, 0.717) is 18.9 Å². The van der Waals surface area contributed by atoms with E-state index in [2.05, 4.69) is 71.7 Å². The molecule has 2 aromatic carbocycles. The molecule has 1 amide bonds. The third-order valence-corrected chi connectivity index (χ3v) is 6.07. The van der Waals surface area contributed by atoms with E-state index < -0.39 is 0 Å². The molecule has 2 fully saturated rings. The number of nitrogens with zero attached hydrogens (tertiary/aromatic N) is 3. The average molecular weight is 405 g/mol. The summed E-state index contributed by atoms with van der Waals surface area (Å²) in [7, 11) is 0. The summed E-state index contributed by atoms with van der Waals surface area (Å²) in [6.07, 6.45) is 2.85. The minimum absolute atomic E-state index is 0.276. The Morgan fingerprint density at radius 2 is 1.83 bits per heavy atom. The first-order valence-electron chi connectivity index (χ1n) is 11.2. The highest BCUT2D eigenvalue weighted by Crippen LogP contribution is 2.27. The molecule has 0 bridgehead atoms. The number of rotatable bonds is 6. The molecule has 2 saturated heterocycles. The van der Waals surface area contributed by atoms with Crippen molar-refractivity contribution in [1.29, 1.82) is 0 Å². The number of amides is 1. The van der Waals surface area contributed by atoms with Crippen LogP contribution < -0.4 is 5.32 Å². The number of aliphatic imine (C=N–C) groups is 1. The van der Waals surface area contributed by atoms with Crippen LogP contribution in [0, 0.1) is 0 Å². The normalized spacial score (nSPS) is 19.6. The summed E-state index contributed by atoms with van der Waals surface area (Å²) in [5.74, 6) is 1.85. The van der Waals surface area contributed by atoms with Crippen LogP contribution in [0.4, 0.5) is 0 Å². The molecule has 0 saturated carbocycles. The molecule has 1 atom stereocenters. The van der Waals surface area contributed by atoms with Gasteiger partial charge in [-0.25, -0.2) is 4.99 Å². The van der Waals surface area contributed by atoms with Gasteiger partial charge in [-0.2, -0.15) is 0 Å². The Kier molecular flexibility index (Phi) is 6.67. The fraction of sp³-hybridized carbons (Fsp3) is 0.440. The van der Waals surface area contributed by atoms with Gasteiger partial charge in [-0.15, -0.1) is 0 Å². The minimum Gasteiger partial charge on any atom is -0.357 e. The number of nitrogens with one attached hydrogen (secondary N) is 1. The van der Waals surface area contributed by atoms with Gasteiger partial charge in [0.2, 0.25) is 5.91 Å². The van der Waals surface area contributed by atoms with E-state index in [-0.39, 0.29) is 5.91 Å². The number of carbonyl (C=O) groups excluding carboxylic acids is 1. The SMILES string of the molecule is CCNC(=NCc1ccc(CN2CCCC2=O)cc1)N1CCC(c2ccccc2)C1. The summed E-state index contributed by atoms with van der Waals surface area (Å²) in [4.78, 5) is 21.1. The molecular weight excluding hydrogens is 372 g/mol. The molecule has 2 aliphatic heterocycles. The highest BCUT2D eigenvalue weighted by molar-refractivity contribution is 5.80. The first kappa shape index (κ1) is 20.5. The molecule has 0 spiro atoms. The Bertz CT molecular complexity index is 862. The standard InChI is InChI=1S/C25H32N4O/c1-2-26-25(29-16-14-23(19-29)22-7-4-3-5-8-22)27-17-20-10-12-21(13-11-20)18-28-15-6-9-24(28)30/h3-5,7-8,10-13,23H,2,6,9,14-19H2,1H3,(H,26,27). The van der Waals surface area contributed by atoms with Crippen molar-refractivity contribution in [1.82, 2.24) is 15.1 Å². The Morgan fingerprint density at radius 3 is 2.53 bits per heavy atom. The van der Waals surface area contributed by atoms with Gasteiger partial charge in [0, 0.05) is 45.1 Å². The zero-order valence-corrected chi connectivity index (χ0v) is 17.9. The molecule has 30 heavy (non-hydrogen) atoms. The van der Waals surface area contributed by atoms with Gasteiger partial charge in [0.15, 0.2) is 5.96 Å². The van der Waals surface area contributed by atoms with Gasteiger partial charge in [-0.3, -0.25) is 4.79 Å². The molecule has 158 valence electrons. The summed E-state index contributed by atoms with van der Waals surface area (Å²) in [5.41, 5.74) is 3.80. The van der Waals surface area contributed by atoms with Crippen molar-refractivity contribution in [2.24, 2.45) is 4.99 Å². The van der Waals surface area contributed by atoms with Crippen LogP contribution in [0.1, 0.15) is 48.8 Å². The maximum absolute atomic E-state index is 11.8. The summed E-state index contributed by atoms with van der Waals surface area (Å²) in [6.45, 7) is 7.31. The van der Waals surface area contributed by atoms with Gasteiger partial charge in [0.1, 0.15) is 0 Å². The molecule has 0 radical (unpaired) electrons. The van der Waals surface area contributed by atoms with Crippen LogP contribution in [0.5, 0.6) is 0 Å². The first-order chi connectivity index (χ1) is 14.7. The number of guanidine groups is 1. The molecule has 4 rings (SSSR count). The summed E-state index contributed by atoms with van der Waals surface area (Å²) in [6, 6.07) is 19.3. The van der Waals surface area contributed by atoms with E-state index in [0.717, 1.165) is 45.1 Å². The predicted octanol–water partition coefficient (Wildman–Crippen LogP) is 3.76. The largest absolute Gasteiger partial charge is 0.357 e. The molecule has 2 heterocycles. The molecular formula is C25H32N4O.